The molecule has 0 saturated carbocycles. The van der Waals surface area contributed by atoms with Gasteiger partial charge >= 0.3 is 5.97 Å². The van der Waals surface area contributed by atoms with Crippen LogP contribution >= 0.6 is 23.1 Å². The Morgan fingerprint density at radius 1 is 1.05 bits per heavy atom. The summed E-state index contributed by atoms with van der Waals surface area (Å²) >= 11 is 2.53. The molecule has 0 spiro atoms. The molecule has 6 rings (SSSR count). The third-order valence-corrected chi connectivity index (χ3v) is 10.4. The van der Waals surface area contributed by atoms with Gasteiger partial charge in [-0.05, 0) is 80.3 Å². The van der Waals surface area contributed by atoms with Crippen LogP contribution in [0.4, 0.5) is 5.69 Å². The molecule has 41 heavy (non-hydrogen) atoms. The predicted octanol–water partition coefficient (Wildman–Crippen LogP) is 5.00. The molecule has 2 aromatic heterocycles. The van der Waals surface area contributed by atoms with Crippen LogP contribution in [-0.2, 0) is 24.3 Å². The highest BCUT2D eigenvalue weighted by Gasteiger charge is 2.39. The van der Waals surface area contributed by atoms with Crippen molar-refractivity contribution < 1.29 is 22.7 Å². The van der Waals surface area contributed by atoms with E-state index in [-0.39, 0.29) is 17.0 Å². The Kier molecular flexibility index (Phi) is 7.51. The molecule has 5 aromatic rings. The van der Waals surface area contributed by atoms with E-state index in [0.29, 0.717) is 30.5 Å². The van der Waals surface area contributed by atoms with Gasteiger partial charge in [-0.25, -0.2) is 13.4 Å². The highest BCUT2D eigenvalue weighted by molar-refractivity contribution is 7.89. The zero-order valence-electron chi connectivity index (χ0n) is 21.9. The number of piperidine rings is 1. The minimum atomic E-state index is -4.05. The topological polar surface area (TPSA) is 131 Å². The van der Waals surface area contributed by atoms with E-state index >= 15 is 0 Å². The SMILES string of the molecule is Cc1ccc2nc(-c3ccc(NC(=O)COC(=O)C4CCCCN4S(=O)(=O)c4cccc5nsnc45)cc3)sc2c1. The minimum Gasteiger partial charge on any atom is -0.454 e. The minimum absolute atomic E-state index is 0.00519. The highest BCUT2D eigenvalue weighted by atomic mass is 32.2. The lowest BCUT2D eigenvalue weighted by Crippen LogP contribution is -2.48. The van der Waals surface area contributed by atoms with Crippen molar-refractivity contribution in [2.24, 2.45) is 0 Å². The van der Waals surface area contributed by atoms with Crippen molar-refractivity contribution in [3.05, 3.63) is 66.2 Å². The molecule has 1 aliphatic heterocycles. The summed E-state index contributed by atoms with van der Waals surface area (Å²) in [5, 5.41) is 3.60. The maximum absolute atomic E-state index is 13.6. The lowest BCUT2D eigenvalue weighted by Gasteiger charge is -2.32. The van der Waals surface area contributed by atoms with Crippen LogP contribution in [0.2, 0.25) is 0 Å². The molecule has 210 valence electrons. The second-order valence-electron chi connectivity index (χ2n) is 9.74. The fraction of sp³-hybridized carbons (Fsp3) is 0.250. The van der Waals surface area contributed by atoms with E-state index in [4.69, 9.17) is 4.74 Å². The fourth-order valence-electron chi connectivity index (χ4n) is 4.83. The van der Waals surface area contributed by atoms with Crippen LogP contribution in [0.1, 0.15) is 24.8 Å². The summed E-state index contributed by atoms with van der Waals surface area (Å²) in [5.41, 5.74) is 4.34. The van der Waals surface area contributed by atoms with Crippen molar-refractivity contribution in [3.63, 3.8) is 0 Å². The van der Waals surface area contributed by atoms with E-state index in [0.717, 1.165) is 36.8 Å². The number of benzene rings is 3. The molecule has 1 aliphatic rings. The number of anilines is 1. The van der Waals surface area contributed by atoms with Gasteiger partial charge in [0.25, 0.3) is 5.91 Å². The van der Waals surface area contributed by atoms with E-state index in [1.165, 1.54) is 11.6 Å². The average Bonchev–Trinajstić information content (AvgIpc) is 3.63. The number of aryl methyl sites for hydroxylation is 1. The number of ether oxygens (including phenoxy) is 1. The summed E-state index contributed by atoms with van der Waals surface area (Å²) in [7, 11) is -4.05. The normalized spacial score (nSPS) is 16.2. The van der Waals surface area contributed by atoms with E-state index in [1.807, 2.05) is 31.2 Å². The zero-order valence-corrected chi connectivity index (χ0v) is 24.4. The Bertz CT molecular complexity index is 1870. The Morgan fingerprint density at radius 3 is 2.71 bits per heavy atom. The van der Waals surface area contributed by atoms with Crippen LogP contribution in [-0.4, -0.2) is 57.5 Å². The number of esters is 1. The number of rotatable bonds is 7. The molecule has 13 heteroatoms. The predicted molar refractivity (Wildman–Crippen MR) is 158 cm³/mol. The van der Waals surface area contributed by atoms with Crippen LogP contribution in [0, 0.1) is 6.92 Å². The van der Waals surface area contributed by atoms with Crippen molar-refractivity contribution in [2.75, 3.05) is 18.5 Å². The van der Waals surface area contributed by atoms with Gasteiger partial charge in [-0.1, -0.05) is 12.1 Å². The first-order chi connectivity index (χ1) is 19.8. The molecule has 0 aliphatic carbocycles. The maximum Gasteiger partial charge on any atom is 0.324 e. The molecule has 1 amide bonds. The van der Waals surface area contributed by atoms with Crippen molar-refractivity contribution in [2.45, 2.75) is 37.1 Å². The first-order valence-electron chi connectivity index (χ1n) is 13.0. The number of amides is 1. The number of nitrogens with one attached hydrogen (secondary N) is 1. The number of fused-ring (bicyclic) bond motifs is 2. The summed E-state index contributed by atoms with van der Waals surface area (Å²) < 4.78 is 42.9. The Morgan fingerprint density at radius 2 is 1.88 bits per heavy atom. The molecule has 1 N–H and O–H groups in total. The summed E-state index contributed by atoms with van der Waals surface area (Å²) in [4.78, 5) is 30.3. The molecular formula is C28H25N5O5S3. The second-order valence-corrected chi connectivity index (χ2v) is 13.2. The van der Waals surface area contributed by atoms with Crippen LogP contribution in [0.25, 0.3) is 31.8 Å². The molecule has 1 saturated heterocycles. The van der Waals surface area contributed by atoms with E-state index in [9.17, 15) is 18.0 Å². The van der Waals surface area contributed by atoms with Gasteiger partial charge in [0, 0.05) is 17.8 Å². The maximum atomic E-state index is 13.6. The Labute approximate surface area is 244 Å². The van der Waals surface area contributed by atoms with Gasteiger partial charge < -0.3 is 10.1 Å². The Balaban J connectivity index is 1.09. The summed E-state index contributed by atoms with van der Waals surface area (Å²) in [6.45, 7) is 1.68. The molecule has 0 radical (unpaired) electrons. The lowest BCUT2D eigenvalue weighted by atomic mass is 10.1. The number of carbonyl (C=O) groups excluding carboxylic acids is 2. The molecule has 10 nitrogen and oxygen atoms in total. The molecule has 3 heterocycles. The Hall–Kier alpha value is -3.78. The first kappa shape index (κ1) is 27.4. The molecule has 1 atom stereocenters. The molecular weight excluding hydrogens is 583 g/mol. The van der Waals surface area contributed by atoms with Gasteiger partial charge in [0.2, 0.25) is 10.0 Å². The standard InChI is InChI=1S/C28H25N5O5S3/c1-17-8-13-20-23(15-17)39-27(30-20)18-9-11-19(12-10-18)29-25(34)16-38-28(35)22-6-2-3-14-33(22)41(36,37)24-7-4-5-21-26(24)32-40-31-21/h4-5,7-13,15,22H,2-3,6,14,16H2,1H3,(H,29,34). The van der Waals surface area contributed by atoms with Crippen LogP contribution < -0.4 is 5.32 Å². The highest BCUT2D eigenvalue weighted by Crippen LogP contribution is 2.32. The largest absolute Gasteiger partial charge is 0.454 e. The number of carbonyl (C=O) groups is 2. The zero-order chi connectivity index (χ0) is 28.6. The number of hydrogen-bond donors (Lipinski definition) is 1. The number of thiazole rings is 1. The molecule has 1 unspecified atom stereocenters. The van der Waals surface area contributed by atoms with Crippen molar-refractivity contribution in [3.8, 4) is 10.6 Å². The van der Waals surface area contributed by atoms with Crippen molar-refractivity contribution in [1.29, 1.82) is 0 Å². The molecule has 0 bridgehead atoms. The van der Waals surface area contributed by atoms with Crippen molar-refractivity contribution in [1.82, 2.24) is 18.0 Å². The van der Waals surface area contributed by atoms with E-state index < -0.39 is 34.5 Å². The number of sulfonamides is 1. The molecule has 1 fully saturated rings. The van der Waals surface area contributed by atoms with Crippen LogP contribution in [0.3, 0.4) is 0 Å². The monoisotopic (exact) mass is 607 g/mol. The average molecular weight is 608 g/mol. The van der Waals surface area contributed by atoms with Gasteiger partial charge in [0.15, 0.2) is 6.61 Å². The summed E-state index contributed by atoms with van der Waals surface area (Å²) in [5.74, 6) is -1.28. The van der Waals surface area contributed by atoms with Gasteiger partial charge in [0.05, 0.1) is 21.9 Å². The summed E-state index contributed by atoms with van der Waals surface area (Å²) in [6, 6.07) is 17.1. The lowest BCUT2D eigenvalue weighted by molar-refractivity contribution is -0.152. The van der Waals surface area contributed by atoms with Crippen molar-refractivity contribution >= 4 is 71.9 Å². The fourth-order valence-corrected chi connectivity index (χ4v) is 8.30. The van der Waals surface area contributed by atoms with Gasteiger partial charge in [-0.2, -0.15) is 13.1 Å². The number of aromatic nitrogens is 3. The van der Waals surface area contributed by atoms with Gasteiger partial charge in [-0.3, -0.25) is 9.59 Å². The smallest absolute Gasteiger partial charge is 0.324 e. The number of hydrogen-bond acceptors (Lipinski definition) is 10. The van der Waals surface area contributed by atoms with Crippen LogP contribution in [0.15, 0.2) is 65.6 Å². The van der Waals surface area contributed by atoms with Crippen LogP contribution in [0.5, 0.6) is 0 Å². The molecule has 3 aromatic carbocycles. The first-order valence-corrected chi connectivity index (χ1v) is 16.0. The van der Waals surface area contributed by atoms with Gasteiger partial charge in [0.1, 0.15) is 27.0 Å². The number of nitrogens with zero attached hydrogens (tertiary/aromatic N) is 4. The summed E-state index contributed by atoms with van der Waals surface area (Å²) in [6.07, 6.45) is 1.58. The van der Waals surface area contributed by atoms with E-state index in [1.54, 1.807) is 35.6 Å². The van der Waals surface area contributed by atoms with E-state index in [2.05, 4.69) is 25.1 Å². The third-order valence-electron chi connectivity index (χ3n) is 6.87. The van der Waals surface area contributed by atoms with Gasteiger partial charge in [-0.15, -0.1) is 11.3 Å². The second kappa shape index (κ2) is 11.2. The third kappa shape index (κ3) is 5.58. The quantitative estimate of drug-likeness (QED) is 0.256.